The van der Waals surface area contributed by atoms with Gasteiger partial charge in [-0.15, -0.1) is 0 Å². The maximum absolute atomic E-state index is 2.54. The highest BCUT2D eigenvalue weighted by molar-refractivity contribution is 6.03. The van der Waals surface area contributed by atoms with Crippen molar-refractivity contribution in [2.45, 2.75) is 38.5 Å². The van der Waals surface area contributed by atoms with E-state index in [0.717, 1.165) is 6.42 Å². The van der Waals surface area contributed by atoms with Crippen LogP contribution in [0.1, 0.15) is 61.2 Å². The van der Waals surface area contributed by atoms with E-state index in [9.17, 15) is 0 Å². The van der Waals surface area contributed by atoms with Crippen molar-refractivity contribution in [1.29, 1.82) is 0 Å². The fourth-order valence-electron chi connectivity index (χ4n) is 10.0. The van der Waals surface area contributed by atoms with Gasteiger partial charge in [0.05, 0.1) is 16.7 Å². The van der Waals surface area contributed by atoms with E-state index < -0.39 is 0 Å². The van der Waals surface area contributed by atoms with Gasteiger partial charge in [0.15, 0.2) is 0 Å². The zero-order chi connectivity index (χ0) is 35.4. The Morgan fingerprint density at radius 2 is 1.17 bits per heavy atom. The predicted molar refractivity (Wildman–Crippen MR) is 221 cm³/mol. The molecule has 254 valence electrons. The maximum atomic E-state index is 2.54. The van der Waals surface area contributed by atoms with Crippen LogP contribution in [0.15, 0.2) is 169 Å². The van der Waals surface area contributed by atoms with Gasteiger partial charge in [-0.1, -0.05) is 148 Å². The smallest absolute Gasteiger partial charge is 0.0545 e. The summed E-state index contributed by atoms with van der Waals surface area (Å²) in [7, 11) is 0. The summed E-state index contributed by atoms with van der Waals surface area (Å²) in [5, 5.41) is 2.67. The van der Waals surface area contributed by atoms with Crippen molar-refractivity contribution in [2.24, 2.45) is 5.92 Å². The summed E-state index contributed by atoms with van der Waals surface area (Å²) >= 11 is 0. The van der Waals surface area contributed by atoms with Crippen LogP contribution in [0.2, 0.25) is 0 Å². The van der Waals surface area contributed by atoms with Crippen molar-refractivity contribution in [3.05, 3.63) is 197 Å². The summed E-state index contributed by atoms with van der Waals surface area (Å²) in [5.41, 5.74) is 20.0. The van der Waals surface area contributed by atoms with E-state index >= 15 is 0 Å². The number of benzene rings is 6. The minimum Gasteiger partial charge on any atom is -0.312 e. The first-order valence-corrected chi connectivity index (χ1v) is 19.0. The predicted octanol–water partition coefficient (Wildman–Crippen LogP) is 13.0. The molecule has 8 aromatic rings. The molecule has 53 heavy (non-hydrogen) atoms. The Hall–Kier alpha value is -6.12. The molecular weight excluding hydrogens is 641 g/mol. The van der Waals surface area contributed by atoms with Gasteiger partial charge in [-0.3, -0.25) is 0 Å². The molecule has 0 spiro atoms. The van der Waals surface area contributed by atoms with E-state index in [2.05, 4.69) is 194 Å². The summed E-state index contributed by atoms with van der Waals surface area (Å²) in [6.07, 6.45) is 5.88. The number of nitrogens with zero attached hydrogens (tertiary/aromatic N) is 2. The molecule has 0 N–H and O–H groups in total. The molecule has 0 bridgehead atoms. The molecule has 0 amide bonds. The minimum absolute atomic E-state index is 0.105. The van der Waals surface area contributed by atoms with Gasteiger partial charge in [0, 0.05) is 44.7 Å². The van der Waals surface area contributed by atoms with Gasteiger partial charge in [0.25, 0.3) is 0 Å². The second kappa shape index (κ2) is 11.2. The van der Waals surface area contributed by atoms with E-state index in [1.54, 1.807) is 0 Å². The number of para-hydroxylation sites is 2. The van der Waals surface area contributed by atoms with Crippen LogP contribution >= 0.6 is 0 Å². The standard InChI is InChI=1S/C51H40N2/c1-32-21-30-38-42(31-32)49-48(46(38)35-13-5-4-6-14-35)41-17-9-11-19-44(41)52(49)36-26-22-33(23-27-36)34-24-28-37(29-25-34)53-45-20-12-8-16-40(45)47-39-15-7-10-18-43(39)51(2,3)50(47)53/h4-30,32,46H,31H2,1-3H3. The van der Waals surface area contributed by atoms with Crippen LogP contribution < -0.4 is 0 Å². The molecule has 3 aliphatic carbocycles. The zero-order valence-corrected chi connectivity index (χ0v) is 30.3. The van der Waals surface area contributed by atoms with Crippen molar-refractivity contribution < 1.29 is 0 Å². The van der Waals surface area contributed by atoms with Gasteiger partial charge >= 0.3 is 0 Å². The van der Waals surface area contributed by atoms with Crippen LogP contribution in [0.25, 0.3) is 61.0 Å². The van der Waals surface area contributed by atoms with Crippen molar-refractivity contribution in [1.82, 2.24) is 9.13 Å². The van der Waals surface area contributed by atoms with Crippen LogP contribution in [0, 0.1) is 5.92 Å². The molecule has 2 nitrogen and oxygen atoms in total. The molecule has 2 atom stereocenters. The number of aromatic nitrogens is 2. The highest BCUT2D eigenvalue weighted by Crippen LogP contribution is 2.55. The fourth-order valence-corrected chi connectivity index (χ4v) is 10.0. The molecule has 0 saturated carbocycles. The van der Waals surface area contributed by atoms with E-state index in [1.807, 2.05) is 0 Å². The summed E-state index contributed by atoms with van der Waals surface area (Å²) < 4.78 is 5.04. The third kappa shape index (κ3) is 4.27. The summed E-state index contributed by atoms with van der Waals surface area (Å²) in [4.78, 5) is 0. The molecule has 2 unspecified atom stereocenters. The molecule has 0 saturated heterocycles. The summed E-state index contributed by atoms with van der Waals surface area (Å²) in [5.74, 6) is 0.757. The molecule has 11 rings (SSSR count). The van der Waals surface area contributed by atoms with Gasteiger partial charge in [0.1, 0.15) is 0 Å². The van der Waals surface area contributed by atoms with Gasteiger partial charge in [-0.05, 0) is 93.3 Å². The quantitative estimate of drug-likeness (QED) is 0.175. The fraction of sp³-hybridized carbons (Fsp3) is 0.137. The first-order chi connectivity index (χ1) is 26.0. The molecular formula is C51H40N2. The monoisotopic (exact) mass is 680 g/mol. The third-order valence-corrected chi connectivity index (χ3v) is 12.3. The molecule has 2 heteroatoms. The summed E-state index contributed by atoms with van der Waals surface area (Å²) in [6.45, 7) is 7.09. The van der Waals surface area contributed by atoms with Gasteiger partial charge in [-0.2, -0.15) is 0 Å². The Morgan fingerprint density at radius 1 is 0.585 bits per heavy atom. The van der Waals surface area contributed by atoms with Crippen LogP contribution in [0.3, 0.4) is 0 Å². The van der Waals surface area contributed by atoms with E-state index in [-0.39, 0.29) is 11.3 Å². The number of rotatable bonds is 4. The molecule has 2 aromatic heterocycles. The highest BCUT2D eigenvalue weighted by atomic mass is 15.0. The Bertz CT molecular complexity index is 2820. The average molecular weight is 681 g/mol. The second-order valence-corrected chi connectivity index (χ2v) is 15.8. The Kier molecular flexibility index (Phi) is 6.44. The first-order valence-electron chi connectivity index (χ1n) is 19.0. The first kappa shape index (κ1) is 30.5. The SMILES string of the molecule is CC1C=CC2=C(C1)c1c(c3ccccc3n1-c1ccc(-c3ccc(-n4c5c(c6ccccc64)-c4ccccc4C5(C)C)cc3)cc1)C2c1ccccc1. The number of hydrogen-bond donors (Lipinski definition) is 0. The zero-order valence-electron chi connectivity index (χ0n) is 30.3. The Morgan fingerprint density at radius 3 is 1.89 bits per heavy atom. The lowest BCUT2D eigenvalue weighted by molar-refractivity contribution is 0.624. The molecule has 0 fully saturated rings. The maximum Gasteiger partial charge on any atom is 0.0545 e. The number of fused-ring (bicyclic) bond motifs is 9. The molecule has 3 aliphatic rings. The average Bonchev–Trinajstić information content (AvgIpc) is 3.90. The lowest BCUT2D eigenvalue weighted by atomic mass is 9.84. The minimum atomic E-state index is -0.105. The third-order valence-electron chi connectivity index (χ3n) is 12.3. The molecule has 0 radical (unpaired) electrons. The van der Waals surface area contributed by atoms with E-state index in [4.69, 9.17) is 0 Å². The van der Waals surface area contributed by atoms with Crippen LogP contribution in [0.4, 0.5) is 0 Å². The van der Waals surface area contributed by atoms with Crippen LogP contribution in [0.5, 0.6) is 0 Å². The number of allylic oxidation sites excluding steroid dienone is 4. The van der Waals surface area contributed by atoms with E-state index in [1.165, 1.54) is 94.7 Å². The van der Waals surface area contributed by atoms with E-state index in [0.29, 0.717) is 5.92 Å². The normalized spacial score (nSPS) is 18.0. The Balaban J connectivity index is 1.00. The lowest BCUT2D eigenvalue weighted by Crippen LogP contribution is -2.19. The van der Waals surface area contributed by atoms with Crippen molar-refractivity contribution in [3.63, 3.8) is 0 Å². The van der Waals surface area contributed by atoms with Crippen molar-refractivity contribution in [3.8, 4) is 33.6 Å². The topological polar surface area (TPSA) is 9.86 Å². The van der Waals surface area contributed by atoms with Crippen LogP contribution in [-0.2, 0) is 5.41 Å². The number of hydrogen-bond acceptors (Lipinski definition) is 0. The van der Waals surface area contributed by atoms with Crippen LogP contribution in [-0.4, -0.2) is 9.13 Å². The van der Waals surface area contributed by atoms with Gasteiger partial charge in [-0.25, -0.2) is 0 Å². The van der Waals surface area contributed by atoms with Crippen molar-refractivity contribution in [2.75, 3.05) is 0 Å². The van der Waals surface area contributed by atoms with Crippen molar-refractivity contribution >= 4 is 27.4 Å². The second-order valence-electron chi connectivity index (χ2n) is 15.8. The molecule has 6 aromatic carbocycles. The van der Waals surface area contributed by atoms with Gasteiger partial charge < -0.3 is 9.13 Å². The Labute approximate surface area is 311 Å². The highest BCUT2D eigenvalue weighted by Gasteiger charge is 2.41. The summed E-state index contributed by atoms with van der Waals surface area (Å²) in [6, 6.07) is 56.4. The van der Waals surface area contributed by atoms with Gasteiger partial charge in [0.2, 0.25) is 0 Å². The molecule has 0 aliphatic heterocycles. The molecule has 2 heterocycles. The largest absolute Gasteiger partial charge is 0.312 e. The lowest BCUT2D eigenvalue weighted by Gasteiger charge is -2.24.